The summed E-state index contributed by atoms with van der Waals surface area (Å²) in [7, 11) is 0. The van der Waals surface area contributed by atoms with E-state index >= 15 is 0 Å². The lowest BCUT2D eigenvalue weighted by atomic mass is 10.0. The van der Waals surface area contributed by atoms with Gasteiger partial charge in [0.05, 0.1) is 0 Å². The van der Waals surface area contributed by atoms with Crippen LogP contribution in [0.4, 0.5) is 5.82 Å². The van der Waals surface area contributed by atoms with Crippen LogP contribution in [0, 0.1) is 6.92 Å². The molecule has 1 amide bonds. The predicted octanol–water partition coefficient (Wildman–Crippen LogP) is 0.857. The van der Waals surface area contributed by atoms with Crippen LogP contribution < -0.4 is 5.73 Å². The van der Waals surface area contributed by atoms with E-state index in [0.29, 0.717) is 11.4 Å². The summed E-state index contributed by atoms with van der Waals surface area (Å²) >= 11 is 0. The van der Waals surface area contributed by atoms with Crippen LogP contribution in [0.1, 0.15) is 36.8 Å². The normalized spacial score (nSPS) is 17.8. The zero-order valence-corrected chi connectivity index (χ0v) is 12.2. The van der Waals surface area contributed by atoms with Crippen molar-refractivity contribution in [3.05, 3.63) is 11.3 Å². The Morgan fingerprint density at radius 1 is 1.26 bits per heavy atom. The average molecular weight is 265 g/mol. The number of aryl methyl sites for hydroxylation is 1. The second-order valence-corrected chi connectivity index (χ2v) is 6.06. The van der Waals surface area contributed by atoms with Gasteiger partial charge in [0.15, 0.2) is 5.82 Å². The van der Waals surface area contributed by atoms with Crippen molar-refractivity contribution in [1.82, 2.24) is 20.0 Å². The lowest BCUT2D eigenvalue weighted by molar-refractivity contribution is 0.0451. The Hall–Kier alpha value is -1.56. The third kappa shape index (κ3) is 2.73. The number of piperazine rings is 1. The first-order valence-corrected chi connectivity index (χ1v) is 6.65. The Kier molecular flexibility index (Phi) is 3.54. The molecule has 0 radical (unpaired) electrons. The van der Waals surface area contributed by atoms with E-state index in [1.54, 1.807) is 0 Å². The van der Waals surface area contributed by atoms with E-state index in [0.717, 1.165) is 31.9 Å². The number of hydrogen-bond donors (Lipinski definition) is 2. The van der Waals surface area contributed by atoms with E-state index in [4.69, 9.17) is 5.73 Å². The minimum absolute atomic E-state index is 0.0164. The Balaban J connectivity index is 2.04. The molecule has 0 saturated carbocycles. The molecule has 0 unspecified atom stereocenters. The van der Waals surface area contributed by atoms with Crippen LogP contribution in [-0.4, -0.2) is 57.6 Å². The van der Waals surface area contributed by atoms with Crippen molar-refractivity contribution >= 4 is 11.7 Å². The molecule has 1 aromatic heterocycles. The Morgan fingerprint density at radius 2 is 1.84 bits per heavy atom. The predicted molar refractivity (Wildman–Crippen MR) is 75.0 cm³/mol. The number of hydrogen-bond acceptors (Lipinski definition) is 4. The van der Waals surface area contributed by atoms with Crippen LogP contribution in [0.5, 0.6) is 0 Å². The molecule has 0 atom stereocenters. The molecule has 1 aliphatic heterocycles. The van der Waals surface area contributed by atoms with Gasteiger partial charge in [-0.25, -0.2) is 0 Å². The number of carbonyl (C=O) groups excluding carboxylic acids is 1. The Labute approximate surface area is 113 Å². The Bertz CT molecular complexity index is 446. The third-order valence-electron chi connectivity index (χ3n) is 3.70. The second-order valence-electron chi connectivity index (χ2n) is 6.06. The highest BCUT2D eigenvalue weighted by atomic mass is 16.2. The van der Waals surface area contributed by atoms with Gasteiger partial charge in [0.25, 0.3) is 5.91 Å². The van der Waals surface area contributed by atoms with Gasteiger partial charge in [-0.15, -0.1) is 0 Å². The first kappa shape index (κ1) is 13.9. The number of nitrogens with zero attached hydrogens (tertiary/aromatic N) is 3. The summed E-state index contributed by atoms with van der Waals surface area (Å²) in [4.78, 5) is 16.7. The topological polar surface area (TPSA) is 78.2 Å². The van der Waals surface area contributed by atoms with Crippen molar-refractivity contribution in [1.29, 1.82) is 0 Å². The van der Waals surface area contributed by atoms with Crippen molar-refractivity contribution in [2.75, 3.05) is 31.9 Å². The van der Waals surface area contributed by atoms with E-state index in [9.17, 15) is 4.79 Å². The SMILES string of the molecule is Cc1[nH]nc(N)c1C(=O)N1CCN(C(C)(C)C)CC1. The first-order valence-electron chi connectivity index (χ1n) is 6.65. The fraction of sp³-hybridized carbons (Fsp3) is 0.692. The highest BCUT2D eigenvalue weighted by Gasteiger charge is 2.29. The van der Waals surface area contributed by atoms with Crippen molar-refractivity contribution < 1.29 is 4.79 Å². The number of rotatable bonds is 1. The van der Waals surface area contributed by atoms with Gasteiger partial charge in [0.1, 0.15) is 5.56 Å². The number of aromatic nitrogens is 2. The van der Waals surface area contributed by atoms with Crippen LogP contribution in [0.3, 0.4) is 0 Å². The molecule has 2 heterocycles. The maximum absolute atomic E-state index is 12.4. The summed E-state index contributed by atoms with van der Waals surface area (Å²) in [6.07, 6.45) is 0. The van der Waals surface area contributed by atoms with Crippen molar-refractivity contribution in [2.45, 2.75) is 33.2 Å². The molecule has 6 nitrogen and oxygen atoms in total. The van der Waals surface area contributed by atoms with E-state index in [1.807, 2.05) is 11.8 Å². The number of anilines is 1. The van der Waals surface area contributed by atoms with E-state index in [2.05, 4.69) is 35.9 Å². The van der Waals surface area contributed by atoms with Gasteiger partial charge < -0.3 is 10.6 Å². The molecule has 1 saturated heterocycles. The maximum atomic E-state index is 12.4. The molecule has 106 valence electrons. The summed E-state index contributed by atoms with van der Waals surface area (Å²) < 4.78 is 0. The monoisotopic (exact) mass is 265 g/mol. The molecule has 1 aliphatic rings. The minimum atomic E-state index is -0.0164. The molecule has 0 aromatic carbocycles. The molecule has 0 spiro atoms. The zero-order valence-electron chi connectivity index (χ0n) is 12.2. The number of nitrogen functional groups attached to an aromatic ring is 1. The van der Waals surface area contributed by atoms with Crippen LogP contribution in [0.25, 0.3) is 0 Å². The van der Waals surface area contributed by atoms with Gasteiger partial charge in [-0.1, -0.05) is 0 Å². The van der Waals surface area contributed by atoms with E-state index < -0.39 is 0 Å². The van der Waals surface area contributed by atoms with E-state index in [1.165, 1.54) is 0 Å². The summed E-state index contributed by atoms with van der Waals surface area (Å²) in [5.74, 6) is 0.276. The summed E-state index contributed by atoms with van der Waals surface area (Å²) in [6.45, 7) is 11.7. The number of H-pyrrole nitrogens is 1. The largest absolute Gasteiger partial charge is 0.382 e. The second kappa shape index (κ2) is 4.85. The van der Waals surface area contributed by atoms with Gasteiger partial charge in [-0.2, -0.15) is 5.10 Å². The maximum Gasteiger partial charge on any atom is 0.259 e. The van der Waals surface area contributed by atoms with Crippen molar-refractivity contribution in [2.24, 2.45) is 0 Å². The van der Waals surface area contributed by atoms with Crippen LogP contribution in [0.2, 0.25) is 0 Å². The molecule has 0 aliphatic carbocycles. The third-order valence-corrected chi connectivity index (χ3v) is 3.70. The molecule has 1 aromatic rings. The molecular weight excluding hydrogens is 242 g/mol. The molecule has 1 fully saturated rings. The fourth-order valence-electron chi connectivity index (χ4n) is 2.46. The average Bonchev–Trinajstić information content (AvgIpc) is 2.67. The van der Waals surface area contributed by atoms with E-state index in [-0.39, 0.29) is 11.4 Å². The van der Waals surface area contributed by atoms with Gasteiger partial charge in [-0.05, 0) is 27.7 Å². The van der Waals surface area contributed by atoms with Gasteiger partial charge in [0.2, 0.25) is 0 Å². The summed E-state index contributed by atoms with van der Waals surface area (Å²) in [5, 5.41) is 6.64. The standard InChI is InChI=1S/C13H23N5O/c1-9-10(11(14)16-15-9)12(19)17-5-7-18(8-6-17)13(2,3)4/h5-8H2,1-4H3,(H3,14,15,16). The molecule has 19 heavy (non-hydrogen) atoms. The molecule has 2 rings (SSSR count). The summed E-state index contributed by atoms with van der Waals surface area (Å²) in [6, 6.07) is 0. The van der Waals surface area contributed by atoms with Crippen LogP contribution in [0.15, 0.2) is 0 Å². The first-order chi connectivity index (χ1) is 8.80. The Morgan fingerprint density at radius 3 is 2.26 bits per heavy atom. The zero-order chi connectivity index (χ0) is 14.2. The smallest absolute Gasteiger partial charge is 0.259 e. The van der Waals surface area contributed by atoms with Crippen LogP contribution in [-0.2, 0) is 0 Å². The highest BCUT2D eigenvalue weighted by molar-refractivity contribution is 5.99. The van der Waals surface area contributed by atoms with Gasteiger partial charge in [0, 0.05) is 37.4 Å². The molecule has 0 bridgehead atoms. The molecule has 3 N–H and O–H groups in total. The van der Waals surface area contributed by atoms with Crippen molar-refractivity contribution in [3.8, 4) is 0 Å². The van der Waals surface area contributed by atoms with Gasteiger partial charge >= 0.3 is 0 Å². The number of carbonyl (C=O) groups is 1. The molecular formula is C13H23N5O. The quantitative estimate of drug-likeness (QED) is 0.789. The lowest BCUT2D eigenvalue weighted by Crippen LogP contribution is -2.54. The number of aromatic amines is 1. The lowest BCUT2D eigenvalue weighted by Gasteiger charge is -2.42. The van der Waals surface area contributed by atoms with Gasteiger partial charge in [-0.3, -0.25) is 14.8 Å². The summed E-state index contributed by atoms with van der Waals surface area (Å²) in [5.41, 5.74) is 7.15. The number of nitrogens with two attached hydrogens (primary N) is 1. The number of nitrogens with one attached hydrogen (secondary N) is 1. The minimum Gasteiger partial charge on any atom is -0.382 e. The number of amides is 1. The van der Waals surface area contributed by atoms with Crippen LogP contribution >= 0.6 is 0 Å². The highest BCUT2D eigenvalue weighted by Crippen LogP contribution is 2.19. The van der Waals surface area contributed by atoms with Crippen molar-refractivity contribution in [3.63, 3.8) is 0 Å². The molecule has 6 heteroatoms. The fourth-order valence-corrected chi connectivity index (χ4v) is 2.46.